The molecule has 118 valence electrons. The number of β-amino-alcohol motifs (C(OH)–C–C–N with tert-alkyl or cyclic N) is 1. The molecule has 2 rings (SSSR count). The summed E-state index contributed by atoms with van der Waals surface area (Å²) in [6.07, 6.45) is -0.319. The zero-order valence-corrected chi connectivity index (χ0v) is 13.5. The molecule has 2 atom stereocenters. The third-order valence-electron chi connectivity index (χ3n) is 4.29. The van der Waals surface area contributed by atoms with Crippen LogP contribution in [-0.4, -0.2) is 67.5 Å². The number of hydrogen-bond acceptors (Lipinski definition) is 4. The van der Waals surface area contributed by atoms with Crippen LogP contribution in [-0.2, 0) is 4.74 Å². The van der Waals surface area contributed by atoms with E-state index in [-0.39, 0.29) is 6.10 Å². The van der Waals surface area contributed by atoms with Crippen LogP contribution in [0.4, 0.5) is 0 Å². The van der Waals surface area contributed by atoms with E-state index in [1.54, 1.807) is 0 Å². The van der Waals surface area contributed by atoms with Crippen molar-refractivity contribution in [3.63, 3.8) is 0 Å². The van der Waals surface area contributed by atoms with E-state index < -0.39 is 0 Å². The van der Waals surface area contributed by atoms with Crippen molar-refractivity contribution in [1.29, 1.82) is 0 Å². The number of likely N-dealkylation sites (N-methyl/N-ethyl adjacent to an activating group) is 1. The Balaban J connectivity index is 1.81. The van der Waals surface area contributed by atoms with E-state index >= 15 is 0 Å². The highest BCUT2D eigenvalue weighted by Crippen LogP contribution is 2.19. The quantitative estimate of drug-likeness (QED) is 0.865. The summed E-state index contributed by atoms with van der Waals surface area (Å²) in [6.45, 7) is 9.12. The largest absolute Gasteiger partial charge is 0.390 e. The third kappa shape index (κ3) is 5.08. The predicted molar refractivity (Wildman–Crippen MR) is 85.5 cm³/mol. The smallest absolute Gasteiger partial charge is 0.0793 e. The van der Waals surface area contributed by atoms with Gasteiger partial charge in [0.05, 0.1) is 19.3 Å². The SMILES string of the molecule is Cc1ccc(C(C)N(C)CC(O)CN2CCOCC2)cc1. The second-order valence-electron chi connectivity index (χ2n) is 6.09. The Morgan fingerprint density at radius 2 is 1.86 bits per heavy atom. The molecular weight excluding hydrogens is 264 g/mol. The van der Waals surface area contributed by atoms with Gasteiger partial charge in [-0.05, 0) is 26.5 Å². The molecule has 2 unspecified atom stereocenters. The number of aliphatic hydroxyl groups is 1. The number of hydrogen-bond donors (Lipinski definition) is 1. The molecule has 1 saturated heterocycles. The molecule has 1 aliphatic heterocycles. The van der Waals surface area contributed by atoms with Crippen molar-refractivity contribution in [3.05, 3.63) is 35.4 Å². The van der Waals surface area contributed by atoms with Gasteiger partial charge in [0.2, 0.25) is 0 Å². The molecule has 0 aliphatic carbocycles. The normalized spacial score (nSPS) is 19.7. The summed E-state index contributed by atoms with van der Waals surface area (Å²) in [6, 6.07) is 8.94. The number of benzene rings is 1. The molecule has 1 N–H and O–H groups in total. The highest BCUT2D eigenvalue weighted by molar-refractivity contribution is 5.23. The minimum absolute atomic E-state index is 0.310. The number of nitrogens with zero attached hydrogens (tertiary/aromatic N) is 2. The van der Waals surface area contributed by atoms with Gasteiger partial charge in [-0.1, -0.05) is 29.8 Å². The first kappa shape index (κ1) is 16.4. The van der Waals surface area contributed by atoms with Gasteiger partial charge in [0.15, 0.2) is 0 Å². The summed E-state index contributed by atoms with van der Waals surface area (Å²) in [5, 5.41) is 10.3. The fraction of sp³-hybridized carbons (Fsp3) is 0.647. The maximum absolute atomic E-state index is 10.3. The van der Waals surface area contributed by atoms with Gasteiger partial charge in [-0.3, -0.25) is 9.80 Å². The number of rotatable bonds is 6. The molecule has 0 radical (unpaired) electrons. The zero-order chi connectivity index (χ0) is 15.2. The van der Waals surface area contributed by atoms with Crippen LogP contribution in [0.1, 0.15) is 24.1 Å². The number of aryl methyl sites for hydroxylation is 1. The maximum atomic E-state index is 10.3. The van der Waals surface area contributed by atoms with Gasteiger partial charge in [0.1, 0.15) is 0 Å². The highest BCUT2D eigenvalue weighted by Gasteiger charge is 2.19. The van der Waals surface area contributed by atoms with Crippen LogP contribution in [0.3, 0.4) is 0 Å². The number of ether oxygens (including phenoxy) is 1. The molecule has 0 aromatic heterocycles. The van der Waals surface area contributed by atoms with Crippen molar-refractivity contribution in [2.75, 3.05) is 46.4 Å². The van der Waals surface area contributed by atoms with Crippen molar-refractivity contribution in [2.45, 2.75) is 26.0 Å². The van der Waals surface area contributed by atoms with E-state index in [9.17, 15) is 5.11 Å². The Morgan fingerprint density at radius 3 is 2.48 bits per heavy atom. The van der Waals surface area contributed by atoms with Gasteiger partial charge >= 0.3 is 0 Å². The van der Waals surface area contributed by atoms with E-state index in [2.05, 4.69) is 55.0 Å². The average Bonchev–Trinajstić information content (AvgIpc) is 2.48. The van der Waals surface area contributed by atoms with Gasteiger partial charge in [-0.25, -0.2) is 0 Å². The van der Waals surface area contributed by atoms with Crippen molar-refractivity contribution < 1.29 is 9.84 Å². The standard InChI is InChI=1S/C17H28N2O2/c1-14-4-6-16(7-5-14)15(2)18(3)12-17(20)13-19-8-10-21-11-9-19/h4-7,15,17,20H,8-13H2,1-3H3. The monoisotopic (exact) mass is 292 g/mol. The summed E-state index contributed by atoms with van der Waals surface area (Å²) in [4.78, 5) is 4.49. The van der Waals surface area contributed by atoms with Crippen LogP contribution < -0.4 is 0 Å². The Labute approximate surface area is 128 Å². The van der Waals surface area contributed by atoms with Crippen LogP contribution >= 0.6 is 0 Å². The number of morpholine rings is 1. The topological polar surface area (TPSA) is 35.9 Å². The summed E-state index contributed by atoms with van der Waals surface area (Å²) in [5.41, 5.74) is 2.57. The van der Waals surface area contributed by atoms with Crippen LogP contribution in [0.25, 0.3) is 0 Å². The fourth-order valence-electron chi connectivity index (χ4n) is 2.73. The summed E-state index contributed by atoms with van der Waals surface area (Å²) in [7, 11) is 2.08. The molecule has 0 spiro atoms. The van der Waals surface area contributed by atoms with E-state index in [1.165, 1.54) is 11.1 Å². The summed E-state index contributed by atoms with van der Waals surface area (Å²) < 4.78 is 5.33. The highest BCUT2D eigenvalue weighted by atomic mass is 16.5. The number of aliphatic hydroxyl groups excluding tert-OH is 1. The molecule has 1 heterocycles. The van der Waals surface area contributed by atoms with Crippen molar-refractivity contribution >= 4 is 0 Å². The molecular formula is C17H28N2O2. The average molecular weight is 292 g/mol. The molecule has 1 fully saturated rings. The maximum Gasteiger partial charge on any atom is 0.0793 e. The van der Waals surface area contributed by atoms with Crippen LogP contribution in [0.15, 0.2) is 24.3 Å². The van der Waals surface area contributed by atoms with Crippen molar-refractivity contribution in [2.24, 2.45) is 0 Å². The molecule has 4 heteroatoms. The first-order valence-electron chi connectivity index (χ1n) is 7.81. The Kier molecular flexibility index (Phi) is 6.18. The predicted octanol–water partition coefficient (Wildman–Crippen LogP) is 1.68. The van der Waals surface area contributed by atoms with Gasteiger partial charge in [-0.15, -0.1) is 0 Å². The second-order valence-corrected chi connectivity index (χ2v) is 6.09. The molecule has 1 aliphatic rings. The molecule has 1 aromatic carbocycles. The molecule has 0 amide bonds. The lowest BCUT2D eigenvalue weighted by Gasteiger charge is -2.32. The lowest BCUT2D eigenvalue weighted by atomic mass is 10.1. The molecule has 0 saturated carbocycles. The van der Waals surface area contributed by atoms with E-state index in [0.29, 0.717) is 12.6 Å². The fourth-order valence-corrected chi connectivity index (χ4v) is 2.73. The molecule has 0 bridgehead atoms. The molecule has 1 aromatic rings. The second kappa shape index (κ2) is 7.90. The molecule has 4 nitrogen and oxygen atoms in total. The van der Waals surface area contributed by atoms with Gasteiger partial charge in [-0.2, -0.15) is 0 Å². The first-order valence-corrected chi connectivity index (χ1v) is 7.81. The van der Waals surface area contributed by atoms with Gasteiger partial charge < -0.3 is 9.84 Å². The Hall–Kier alpha value is -0.940. The van der Waals surface area contributed by atoms with Gasteiger partial charge in [0, 0.05) is 32.2 Å². The third-order valence-corrected chi connectivity index (χ3v) is 4.29. The zero-order valence-electron chi connectivity index (χ0n) is 13.5. The van der Waals surface area contributed by atoms with Crippen molar-refractivity contribution in [1.82, 2.24) is 9.80 Å². The summed E-state index contributed by atoms with van der Waals surface area (Å²) in [5.74, 6) is 0. The van der Waals surface area contributed by atoms with E-state index in [4.69, 9.17) is 4.74 Å². The van der Waals surface area contributed by atoms with Gasteiger partial charge in [0.25, 0.3) is 0 Å². The Bertz CT molecular complexity index is 415. The minimum Gasteiger partial charge on any atom is -0.390 e. The van der Waals surface area contributed by atoms with Crippen LogP contribution in [0.2, 0.25) is 0 Å². The lowest BCUT2D eigenvalue weighted by Crippen LogP contribution is -2.44. The van der Waals surface area contributed by atoms with Crippen LogP contribution in [0, 0.1) is 6.92 Å². The van der Waals surface area contributed by atoms with E-state index in [1.807, 2.05) is 0 Å². The van der Waals surface area contributed by atoms with Crippen molar-refractivity contribution in [3.8, 4) is 0 Å². The lowest BCUT2D eigenvalue weighted by molar-refractivity contribution is 0.00626. The minimum atomic E-state index is -0.319. The first-order chi connectivity index (χ1) is 10.1. The molecule has 21 heavy (non-hydrogen) atoms. The summed E-state index contributed by atoms with van der Waals surface area (Å²) >= 11 is 0. The van der Waals surface area contributed by atoms with E-state index in [0.717, 1.165) is 32.8 Å². The Morgan fingerprint density at radius 1 is 1.24 bits per heavy atom. The van der Waals surface area contributed by atoms with Crippen LogP contribution in [0.5, 0.6) is 0 Å².